The molecule has 0 bridgehead atoms. The van der Waals surface area contributed by atoms with E-state index < -0.39 is 11.9 Å². The van der Waals surface area contributed by atoms with Crippen LogP contribution in [0.15, 0.2) is 18.2 Å². The average molecular weight is 286 g/mol. The molecule has 2 fully saturated rings. The van der Waals surface area contributed by atoms with E-state index in [9.17, 15) is 9.18 Å². The summed E-state index contributed by atoms with van der Waals surface area (Å²) in [6, 6.07) is 4.04. The maximum Gasteiger partial charge on any atom is 0.407 e. The van der Waals surface area contributed by atoms with Crippen molar-refractivity contribution >= 4 is 17.7 Å². The zero-order valence-corrected chi connectivity index (χ0v) is 10.8. The Balaban J connectivity index is 1.52. The van der Waals surface area contributed by atoms with Crippen molar-refractivity contribution in [2.45, 2.75) is 0 Å². The van der Waals surface area contributed by atoms with Gasteiger partial charge in [0, 0.05) is 19.0 Å². The fourth-order valence-electron chi connectivity index (χ4n) is 2.83. The van der Waals surface area contributed by atoms with E-state index in [1.807, 2.05) is 0 Å². The Morgan fingerprint density at radius 2 is 2.16 bits per heavy atom. The molecule has 6 heteroatoms. The number of piperidine rings is 1. The second kappa shape index (κ2) is 4.56. The summed E-state index contributed by atoms with van der Waals surface area (Å²) in [6.07, 6.45) is -0.853. The summed E-state index contributed by atoms with van der Waals surface area (Å²) in [5.74, 6) is 1.27. The Morgan fingerprint density at radius 3 is 2.74 bits per heavy atom. The number of amides is 1. The van der Waals surface area contributed by atoms with Crippen LogP contribution < -0.4 is 4.74 Å². The summed E-state index contributed by atoms with van der Waals surface area (Å²) in [5, 5.41) is 9.11. The standard InChI is InChI=1S/C13H13ClFNO3/c14-11-3-7(15)1-2-12(11)19-6-10-8-4-16(13(17)18)5-9(8)10/h1-3,8-10H,4-6H2,(H,17,18)/t8-,9+,10?. The molecule has 1 saturated carbocycles. The Kier molecular flexibility index (Phi) is 3.01. The van der Waals surface area contributed by atoms with E-state index in [-0.39, 0.29) is 5.02 Å². The molecule has 2 aliphatic rings. The maximum atomic E-state index is 12.9. The monoisotopic (exact) mass is 285 g/mol. The Labute approximate surface area is 114 Å². The number of rotatable bonds is 3. The molecule has 1 saturated heterocycles. The first-order valence-corrected chi connectivity index (χ1v) is 6.50. The Morgan fingerprint density at radius 1 is 1.47 bits per heavy atom. The van der Waals surface area contributed by atoms with Crippen LogP contribution in [0, 0.1) is 23.6 Å². The van der Waals surface area contributed by atoms with Gasteiger partial charge in [0.05, 0.1) is 11.6 Å². The number of hydrogen-bond acceptors (Lipinski definition) is 2. The zero-order valence-electron chi connectivity index (χ0n) is 10.1. The fourth-order valence-corrected chi connectivity index (χ4v) is 3.05. The molecule has 1 aliphatic heterocycles. The molecule has 3 rings (SSSR count). The molecule has 1 heterocycles. The van der Waals surface area contributed by atoms with Gasteiger partial charge in [0.15, 0.2) is 0 Å². The molecule has 1 amide bonds. The molecule has 1 aliphatic carbocycles. The minimum Gasteiger partial charge on any atom is -0.492 e. The predicted molar refractivity (Wildman–Crippen MR) is 67.0 cm³/mol. The summed E-state index contributed by atoms with van der Waals surface area (Å²) >= 11 is 5.87. The number of ether oxygens (including phenoxy) is 1. The number of benzene rings is 1. The van der Waals surface area contributed by atoms with Crippen LogP contribution in [0.1, 0.15) is 0 Å². The third-order valence-corrected chi connectivity index (χ3v) is 4.26. The van der Waals surface area contributed by atoms with Gasteiger partial charge in [-0.3, -0.25) is 0 Å². The van der Waals surface area contributed by atoms with Gasteiger partial charge in [-0.2, -0.15) is 0 Å². The predicted octanol–water partition coefficient (Wildman–Crippen LogP) is 2.71. The van der Waals surface area contributed by atoms with Crippen LogP contribution in [0.2, 0.25) is 5.02 Å². The largest absolute Gasteiger partial charge is 0.492 e. The van der Waals surface area contributed by atoms with Crippen LogP contribution >= 0.6 is 11.6 Å². The van der Waals surface area contributed by atoms with Crippen molar-refractivity contribution in [3.8, 4) is 5.75 Å². The van der Waals surface area contributed by atoms with Crippen molar-refractivity contribution < 1.29 is 19.0 Å². The average Bonchev–Trinajstić information content (AvgIpc) is 2.81. The lowest BCUT2D eigenvalue weighted by atomic mass is 10.3. The first-order valence-electron chi connectivity index (χ1n) is 6.12. The molecule has 1 unspecified atom stereocenters. The number of fused-ring (bicyclic) bond motifs is 1. The summed E-state index contributed by atoms with van der Waals surface area (Å²) in [4.78, 5) is 12.2. The van der Waals surface area contributed by atoms with Gasteiger partial charge in [0.25, 0.3) is 0 Å². The number of nitrogens with zero attached hydrogens (tertiary/aromatic N) is 1. The SMILES string of the molecule is O=C(O)N1C[C@@H]2C(COc3ccc(F)cc3Cl)[C@@H]2C1. The lowest BCUT2D eigenvalue weighted by Crippen LogP contribution is -2.30. The third-order valence-electron chi connectivity index (χ3n) is 3.97. The third kappa shape index (κ3) is 2.34. The lowest BCUT2D eigenvalue weighted by Gasteiger charge is -2.16. The zero-order chi connectivity index (χ0) is 13.6. The summed E-state index contributed by atoms with van der Waals surface area (Å²) < 4.78 is 18.4. The van der Waals surface area contributed by atoms with E-state index in [1.165, 1.54) is 23.1 Å². The van der Waals surface area contributed by atoms with Gasteiger partial charge in [-0.25, -0.2) is 9.18 Å². The summed E-state index contributed by atoms with van der Waals surface area (Å²) in [5.41, 5.74) is 0. The van der Waals surface area contributed by atoms with E-state index in [4.69, 9.17) is 21.4 Å². The van der Waals surface area contributed by atoms with E-state index in [0.29, 0.717) is 43.2 Å². The molecule has 102 valence electrons. The van der Waals surface area contributed by atoms with Crippen LogP contribution in [0.5, 0.6) is 5.75 Å². The van der Waals surface area contributed by atoms with Crippen molar-refractivity contribution in [2.24, 2.45) is 17.8 Å². The van der Waals surface area contributed by atoms with E-state index >= 15 is 0 Å². The number of halogens is 2. The molecule has 4 nitrogen and oxygen atoms in total. The van der Waals surface area contributed by atoms with Gasteiger partial charge in [-0.15, -0.1) is 0 Å². The molecule has 0 radical (unpaired) electrons. The molecule has 1 aromatic rings. The van der Waals surface area contributed by atoms with Gasteiger partial charge in [-0.1, -0.05) is 11.6 Å². The molecular formula is C13H13ClFNO3. The van der Waals surface area contributed by atoms with Crippen molar-refractivity contribution in [1.29, 1.82) is 0 Å². The summed E-state index contributed by atoms with van der Waals surface area (Å²) in [6.45, 7) is 1.69. The minimum atomic E-state index is -0.853. The van der Waals surface area contributed by atoms with Gasteiger partial charge in [0.2, 0.25) is 0 Å². The van der Waals surface area contributed by atoms with Crippen LogP contribution in [0.25, 0.3) is 0 Å². The number of carbonyl (C=O) groups is 1. The van der Waals surface area contributed by atoms with Crippen molar-refractivity contribution in [3.63, 3.8) is 0 Å². The smallest absolute Gasteiger partial charge is 0.407 e. The maximum absolute atomic E-state index is 12.9. The second-order valence-electron chi connectivity index (χ2n) is 5.06. The molecular weight excluding hydrogens is 273 g/mol. The van der Waals surface area contributed by atoms with Gasteiger partial charge in [0.1, 0.15) is 11.6 Å². The highest BCUT2D eigenvalue weighted by Crippen LogP contribution is 2.51. The molecule has 1 N–H and O–H groups in total. The first kappa shape index (κ1) is 12.5. The van der Waals surface area contributed by atoms with Gasteiger partial charge in [-0.05, 0) is 30.0 Å². The molecule has 0 spiro atoms. The van der Waals surface area contributed by atoms with Gasteiger partial charge >= 0.3 is 6.09 Å². The van der Waals surface area contributed by atoms with E-state index in [1.54, 1.807) is 0 Å². The minimum absolute atomic E-state index is 0.262. The molecule has 3 atom stereocenters. The highest BCUT2D eigenvalue weighted by molar-refractivity contribution is 6.32. The quantitative estimate of drug-likeness (QED) is 0.929. The van der Waals surface area contributed by atoms with Gasteiger partial charge < -0.3 is 14.7 Å². The van der Waals surface area contributed by atoms with Crippen LogP contribution in [0.3, 0.4) is 0 Å². The van der Waals surface area contributed by atoms with E-state index in [2.05, 4.69) is 0 Å². The fraction of sp³-hybridized carbons (Fsp3) is 0.462. The van der Waals surface area contributed by atoms with Crippen molar-refractivity contribution in [2.75, 3.05) is 19.7 Å². The number of hydrogen-bond donors (Lipinski definition) is 1. The van der Waals surface area contributed by atoms with Crippen molar-refractivity contribution in [3.05, 3.63) is 29.0 Å². The lowest BCUT2D eigenvalue weighted by molar-refractivity contribution is 0.145. The normalized spacial score (nSPS) is 28.1. The van der Waals surface area contributed by atoms with Crippen LogP contribution in [-0.2, 0) is 0 Å². The topological polar surface area (TPSA) is 49.8 Å². The first-order chi connectivity index (χ1) is 9.06. The number of carboxylic acid groups (broad SMARTS) is 1. The van der Waals surface area contributed by atoms with Crippen molar-refractivity contribution in [1.82, 2.24) is 4.90 Å². The molecule has 1 aromatic carbocycles. The number of likely N-dealkylation sites (tertiary alicyclic amines) is 1. The highest BCUT2D eigenvalue weighted by atomic mass is 35.5. The Bertz CT molecular complexity index is 513. The van der Waals surface area contributed by atoms with Crippen LogP contribution in [0.4, 0.5) is 9.18 Å². The van der Waals surface area contributed by atoms with E-state index in [0.717, 1.165) is 0 Å². The second-order valence-corrected chi connectivity index (χ2v) is 5.47. The van der Waals surface area contributed by atoms with Crippen LogP contribution in [-0.4, -0.2) is 35.8 Å². The molecule has 19 heavy (non-hydrogen) atoms. The Hall–Kier alpha value is -1.49. The summed E-state index contributed by atoms with van der Waals surface area (Å²) in [7, 11) is 0. The highest BCUT2D eigenvalue weighted by Gasteiger charge is 2.57. The molecule has 0 aromatic heterocycles.